The highest BCUT2D eigenvalue weighted by molar-refractivity contribution is 8.02. The fourth-order valence-electron chi connectivity index (χ4n) is 3.44. The van der Waals surface area contributed by atoms with E-state index in [4.69, 9.17) is 0 Å². The normalized spacial score (nSPS) is 14.2. The summed E-state index contributed by atoms with van der Waals surface area (Å²) in [5.74, 6) is 4.85. The summed E-state index contributed by atoms with van der Waals surface area (Å²) >= 11 is 19.2. The van der Waals surface area contributed by atoms with Crippen LogP contribution in [0.2, 0.25) is 0 Å². The molecule has 0 spiro atoms. The summed E-state index contributed by atoms with van der Waals surface area (Å²) in [6.07, 6.45) is 3.59. The standard InChI is InChI=1S/C31H48S7/c1-8-30(4,5)37-28(21-32)17-19-34-24-9-13-26(14-10-24)36-27-15-11-25(12-16-27)35-20-18-29(22-33)38-31(6,7)23(2)3/h9-16,23,28-29,32-33H,8,17-22H2,1-7H3. The Bertz CT molecular complexity index is 907. The molecular formula is C31H48S7. The Hall–Kier alpha value is 0.890. The van der Waals surface area contributed by atoms with Gasteiger partial charge in [-0.25, -0.2) is 0 Å². The van der Waals surface area contributed by atoms with Crippen molar-refractivity contribution in [3.63, 3.8) is 0 Å². The fraction of sp³-hybridized carbons (Fsp3) is 0.613. The van der Waals surface area contributed by atoms with Gasteiger partial charge in [-0.1, -0.05) is 60.2 Å². The Morgan fingerprint density at radius 2 is 1.05 bits per heavy atom. The maximum Gasteiger partial charge on any atom is 0.0149 e. The molecule has 7 heteroatoms. The zero-order valence-corrected chi connectivity index (χ0v) is 30.1. The van der Waals surface area contributed by atoms with Crippen LogP contribution in [0, 0.1) is 5.92 Å². The number of thiol groups is 2. The lowest BCUT2D eigenvalue weighted by Gasteiger charge is -2.32. The lowest BCUT2D eigenvalue weighted by Crippen LogP contribution is -2.27. The summed E-state index contributed by atoms with van der Waals surface area (Å²) in [5.41, 5.74) is 0. The van der Waals surface area contributed by atoms with Gasteiger partial charge in [0.1, 0.15) is 0 Å². The highest BCUT2D eigenvalue weighted by Crippen LogP contribution is 2.38. The van der Waals surface area contributed by atoms with Crippen LogP contribution in [0.4, 0.5) is 0 Å². The van der Waals surface area contributed by atoms with Gasteiger partial charge in [-0.05, 0) is 85.2 Å². The predicted octanol–water partition coefficient (Wildman–Crippen LogP) is 11.5. The number of rotatable bonds is 18. The molecule has 0 aliphatic carbocycles. The number of hydrogen-bond acceptors (Lipinski definition) is 7. The second-order valence-corrected chi connectivity index (χ2v) is 19.2. The SMILES string of the molecule is CCC(C)(C)SC(CS)CCSc1ccc(Sc2ccc(SCCC(CS)SC(C)(C)C(C)C)cc2)cc1. The van der Waals surface area contributed by atoms with Gasteiger partial charge in [0.25, 0.3) is 0 Å². The van der Waals surface area contributed by atoms with Crippen LogP contribution >= 0.6 is 84.1 Å². The van der Waals surface area contributed by atoms with Crippen molar-refractivity contribution in [3.8, 4) is 0 Å². The zero-order chi connectivity index (χ0) is 28.2. The lowest BCUT2D eigenvalue weighted by atomic mass is 10.00. The smallest absolute Gasteiger partial charge is 0.0149 e. The fourth-order valence-corrected chi connectivity index (χ4v) is 10.1. The minimum absolute atomic E-state index is 0.300. The third kappa shape index (κ3) is 13.2. The molecule has 0 heterocycles. The van der Waals surface area contributed by atoms with E-state index in [1.165, 1.54) is 38.8 Å². The van der Waals surface area contributed by atoms with Crippen molar-refractivity contribution in [1.29, 1.82) is 0 Å². The molecule has 0 saturated carbocycles. The molecule has 2 unspecified atom stereocenters. The molecule has 0 aromatic heterocycles. The van der Waals surface area contributed by atoms with Crippen LogP contribution in [-0.4, -0.2) is 43.0 Å². The average molecular weight is 645 g/mol. The van der Waals surface area contributed by atoms with Crippen LogP contribution in [-0.2, 0) is 0 Å². The van der Waals surface area contributed by atoms with Crippen molar-refractivity contribution in [2.45, 2.75) is 107 Å². The Balaban J connectivity index is 1.77. The quantitative estimate of drug-likeness (QED) is 0.122. The summed E-state index contributed by atoms with van der Waals surface area (Å²) in [6.45, 7) is 16.3. The van der Waals surface area contributed by atoms with Crippen molar-refractivity contribution in [1.82, 2.24) is 0 Å². The first kappa shape index (κ1) is 35.1. The topological polar surface area (TPSA) is 0 Å². The summed E-state index contributed by atoms with van der Waals surface area (Å²) in [6, 6.07) is 18.1. The highest BCUT2D eigenvalue weighted by Gasteiger charge is 2.26. The molecule has 0 amide bonds. The number of hydrogen-bond donors (Lipinski definition) is 2. The Morgan fingerprint density at radius 1 is 0.658 bits per heavy atom. The van der Waals surface area contributed by atoms with Gasteiger partial charge < -0.3 is 0 Å². The molecule has 0 bridgehead atoms. The van der Waals surface area contributed by atoms with E-state index in [0.29, 0.717) is 25.9 Å². The third-order valence-corrected chi connectivity index (χ3v) is 14.9. The molecule has 0 fully saturated rings. The summed E-state index contributed by atoms with van der Waals surface area (Å²) in [7, 11) is 0. The van der Waals surface area contributed by atoms with Gasteiger partial charge in [-0.2, -0.15) is 48.8 Å². The second-order valence-electron chi connectivity index (χ2n) is 11.0. The minimum Gasteiger partial charge on any atom is -0.178 e. The Labute approximate surface area is 266 Å². The van der Waals surface area contributed by atoms with Crippen molar-refractivity contribution in [2.24, 2.45) is 5.92 Å². The molecule has 2 aromatic carbocycles. The Morgan fingerprint density at radius 3 is 1.42 bits per heavy atom. The van der Waals surface area contributed by atoms with E-state index in [1.54, 1.807) is 0 Å². The van der Waals surface area contributed by atoms with E-state index in [9.17, 15) is 0 Å². The largest absolute Gasteiger partial charge is 0.178 e. The van der Waals surface area contributed by atoms with Crippen molar-refractivity contribution in [2.75, 3.05) is 23.0 Å². The average Bonchev–Trinajstić information content (AvgIpc) is 2.89. The first-order valence-corrected chi connectivity index (χ1v) is 19.5. The zero-order valence-electron chi connectivity index (χ0n) is 24.2. The lowest BCUT2D eigenvalue weighted by molar-refractivity contribution is 0.501. The second kappa shape index (κ2) is 17.8. The molecule has 2 atom stereocenters. The first-order valence-electron chi connectivity index (χ1n) is 13.7. The molecule has 0 aliphatic rings. The van der Waals surface area contributed by atoms with Gasteiger partial charge in [-0.3, -0.25) is 0 Å². The number of thioether (sulfide) groups is 4. The third-order valence-electron chi connectivity index (χ3n) is 6.91. The summed E-state index contributed by atoms with van der Waals surface area (Å²) in [5, 5.41) is 1.23. The van der Waals surface area contributed by atoms with Gasteiger partial charge in [0.2, 0.25) is 0 Å². The number of benzene rings is 2. The van der Waals surface area contributed by atoms with Crippen molar-refractivity contribution in [3.05, 3.63) is 48.5 Å². The predicted molar refractivity (Wildman–Crippen MR) is 191 cm³/mol. The van der Waals surface area contributed by atoms with E-state index in [-0.39, 0.29) is 0 Å². The highest BCUT2D eigenvalue weighted by atomic mass is 32.2. The van der Waals surface area contributed by atoms with Gasteiger partial charge in [0.15, 0.2) is 0 Å². The minimum atomic E-state index is 0.300. The van der Waals surface area contributed by atoms with Crippen LogP contribution < -0.4 is 0 Å². The molecule has 214 valence electrons. The van der Waals surface area contributed by atoms with E-state index < -0.39 is 0 Å². The van der Waals surface area contributed by atoms with E-state index in [0.717, 1.165) is 23.0 Å². The molecule has 0 nitrogen and oxygen atoms in total. The van der Waals surface area contributed by atoms with Gasteiger partial charge in [0, 0.05) is 51.1 Å². The molecule has 2 aromatic rings. The van der Waals surface area contributed by atoms with Gasteiger partial charge in [-0.15, -0.1) is 23.5 Å². The van der Waals surface area contributed by atoms with Gasteiger partial charge >= 0.3 is 0 Å². The van der Waals surface area contributed by atoms with E-state index >= 15 is 0 Å². The summed E-state index contributed by atoms with van der Waals surface area (Å²) in [4.78, 5) is 5.30. The maximum atomic E-state index is 4.63. The molecule has 2 rings (SSSR count). The first-order chi connectivity index (χ1) is 18.0. The molecule has 0 radical (unpaired) electrons. The van der Waals surface area contributed by atoms with E-state index in [1.807, 2.05) is 35.3 Å². The van der Waals surface area contributed by atoms with Crippen LogP contribution in [0.25, 0.3) is 0 Å². The van der Waals surface area contributed by atoms with Crippen LogP contribution in [0.15, 0.2) is 68.1 Å². The molecular weight excluding hydrogens is 597 g/mol. The maximum absolute atomic E-state index is 4.63. The molecule has 38 heavy (non-hydrogen) atoms. The van der Waals surface area contributed by atoms with Crippen molar-refractivity contribution < 1.29 is 0 Å². The van der Waals surface area contributed by atoms with Crippen molar-refractivity contribution >= 4 is 84.1 Å². The monoisotopic (exact) mass is 644 g/mol. The van der Waals surface area contributed by atoms with E-state index in [2.05, 4.69) is 146 Å². The van der Waals surface area contributed by atoms with Crippen LogP contribution in [0.3, 0.4) is 0 Å². The van der Waals surface area contributed by atoms with Crippen LogP contribution in [0.5, 0.6) is 0 Å². The molecule has 0 aliphatic heterocycles. The Kier molecular flexibility index (Phi) is 16.4. The molecule has 0 saturated heterocycles. The van der Waals surface area contributed by atoms with Gasteiger partial charge in [0.05, 0.1) is 0 Å². The molecule has 0 N–H and O–H groups in total. The summed E-state index contributed by atoms with van der Waals surface area (Å²) < 4.78 is 0.640. The van der Waals surface area contributed by atoms with Crippen LogP contribution in [0.1, 0.15) is 67.7 Å².